The molecule has 7 nitrogen and oxygen atoms in total. The summed E-state index contributed by atoms with van der Waals surface area (Å²) in [5.41, 5.74) is 0.699. The van der Waals surface area contributed by atoms with Gasteiger partial charge in [0.05, 0.1) is 22.5 Å². The normalized spacial score (nSPS) is 12.9. The van der Waals surface area contributed by atoms with Crippen LogP contribution in [0.3, 0.4) is 0 Å². The van der Waals surface area contributed by atoms with E-state index in [1.807, 2.05) is 13.0 Å². The molecule has 1 aromatic heterocycles. The van der Waals surface area contributed by atoms with E-state index in [2.05, 4.69) is 5.32 Å². The summed E-state index contributed by atoms with van der Waals surface area (Å²) in [4.78, 5) is 50.5. The standard InChI is InChI=1S/C18H16N2O5S/c1-11-6-7-14(26-11)16(22)19-10-15(21)25-9-8-20-17(23)12-4-2-3-5-13(12)18(20)24/h2-7H,8-10H2,1H3,(H,19,22). The number of thiophene rings is 1. The molecule has 3 rings (SSSR count). The Kier molecular flexibility index (Phi) is 5.13. The van der Waals surface area contributed by atoms with Gasteiger partial charge in [-0.2, -0.15) is 0 Å². The largest absolute Gasteiger partial charge is 0.462 e. The highest BCUT2D eigenvalue weighted by atomic mass is 32.1. The average Bonchev–Trinajstić information content (AvgIpc) is 3.17. The van der Waals surface area contributed by atoms with Crippen molar-refractivity contribution in [2.24, 2.45) is 0 Å². The molecule has 0 aliphatic carbocycles. The molecule has 3 amide bonds. The van der Waals surface area contributed by atoms with Gasteiger partial charge in [0.1, 0.15) is 13.2 Å². The summed E-state index contributed by atoms with van der Waals surface area (Å²) in [6.45, 7) is 1.45. The molecule has 2 aromatic rings. The highest BCUT2D eigenvalue weighted by Gasteiger charge is 2.34. The number of hydrogen-bond donors (Lipinski definition) is 1. The maximum absolute atomic E-state index is 12.2. The van der Waals surface area contributed by atoms with Gasteiger partial charge in [-0.05, 0) is 31.2 Å². The number of nitrogens with zero attached hydrogens (tertiary/aromatic N) is 1. The lowest BCUT2D eigenvalue weighted by Gasteiger charge is -2.13. The van der Waals surface area contributed by atoms with Crippen LogP contribution in [0.2, 0.25) is 0 Å². The summed E-state index contributed by atoms with van der Waals surface area (Å²) in [6.07, 6.45) is 0. The fourth-order valence-electron chi connectivity index (χ4n) is 2.54. The van der Waals surface area contributed by atoms with Crippen LogP contribution >= 0.6 is 11.3 Å². The summed E-state index contributed by atoms with van der Waals surface area (Å²) < 4.78 is 4.99. The zero-order valence-corrected chi connectivity index (χ0v) is 14.8. The topological polar surface area (TPSA) is 92.8 Å². The molecule has 26 heavy (non-hydrogen) atoms. The number of hydrogen-bond acceptors (Lipinski definition) is 6. The summed E-state index contributed by atoms with van der Waals surface area (Å²) in [5, 5.41) is 2.47. The quantitative estimate of drug-likeness (QED) is 0.614. The minimum atomic E-state index is -0.636. The molecular weight excluding hydrogens is 356 g/mol. The van der Waals surface area contributed by atoms with E-state index in [-0.39, 0.29) is 25.6 Å². The number of rotatable bonds is 6. The molecule has 0 bridgehead atoms. The molecule has 1 N–H and O–H groups in total. The van der Waals surface area contributed by atoms with Crippen LogP contribution < -0.4 is 5.32 Å². The van der Waals surface area contributed by atoms with Crippen molar-refractivity contribution in [3.05, 3.63) is 57.3 Å². The van der Waals surface area contributed by atoms with E-state index in [1.165, 1.54) is 11.3 Å². The Morgan fingerprint density at radius 2 is 1.73 bits per heavy atom. The number of nitrogens with one attached hydrogen (secondary N) is 1. The molecule has 1 aliphatic rings. The maximum Gasteiger partial charge on any atom is 0.325 e. The molecule has 0 saturated carbocycles. The van der Waals surface area contributed by atoms with Gasteiger partial charge in [0.15, 0.2) is 0 Å². The Labute approximate surface area is 153 Å². The lowest BCUT2D eigenvalue weighted by atomic mass is 10.1. The van der Waals surface area contributed by atoms with E-state index >= 15 is 0 Å². The first kappa shape index (κ1) is 17.8. The monoisotopic (exact) mass is 372 g/mol. The summed E-state index contributed by atoms with van der Waals surface area (Å²) in [5.74, 6) is -1.78. The van der Waals surface area contributed by atoms with Crippen molar-refractivity contribution in [3.63, 3.8) is 0 Å². The van der Waals surface area contributed by atoms with Gasteiger partial charge >= 0.3 is 5.97 Å². The fourth-order valence-corrected chi connectivity index (χ4v) is 3.32. The van der Waals surface area contributed by atoms with E-state index in [0.29, 0.717) is 16.0 Å². The van der Waals surface area contributed by atoms with Crippen LogP contribution in [0.1, 0.15) is 35.3 Å². The van der Waals surface area contributed by atoms with Crippen molar-refractivity contribution in [1.29, 1.82) is 0 Å². The third-order valence-corrected chi connectivity index (χ3v) is 4.81. The highest BCUT2D eigenvalue weighted by molar-refractivity contribution is 7.13. The Hall–Kier alpha value is -3.00. The van der Waals surface area contributed by atoms with Crippen LogP contribution in [-0.2, 0) is 9.53 Å². The van der Waals surface area contributed by atoms with Crippen LogP contribution in [0, 0.1) is 6.92 Å². The van der Waals surface area contributed by atoms with E-state index in [0.717, 1.165) is 9.78 Å². The molecule has 8 heteroatoms. The van der Waals surface area contributed by atoms with Crippen molar-refractivity contribution in [2.75, 3.05) is 19.7 Å². The van der Waals surface area contributed by atoms with Crippen molar-refractivity contribution < 1.29 is 23.9 Å². The second kappa shape index (κ2) is 7.49. The molecule has 2 heterocycles. The number of imide groups is 1. The molecule has 134 valence electrons. The second-order valence-electron chi connectivity index (χ2n) is 5.62. The van der Waals surface area contributed by atoms with E-state index < -0.39 is 17.8 Å². The van der Waals surface area contributed by atoms with E-state index in [1.54, 1.807) is 30.3 Å². The van der Waals surface area contributed by atoms with Gasteiger partial charge in [0.25, 0.3) is 17.7 Å². The van der Waals surface area contributed by atoms with Gasteiger partial charge < -0.3 is 10.1 Å². The first-order chi connectivity index (χ1) is 12.5. The first-order valence-electron chi connectivity index (χ1n) is 7.93. The fraction of sp³-hybridized carbons (Fsp3) is 0.222. The number of amides is 3. The SMILES string of the molecule is Cc1ccc(C(=O)NCC(=O)OCCN2C(=O)c3ccccc3C2=O)s1. The summed E-state index contributed by atoms with van der Waals surface area (Å²) in [7, 11) is 0. The van der Waals surface area contributed by atoms with Crippen molar-refractivity contribution >= 4 is 35.0 Å². The van der Waals surface area contributed by atoms with Crippen LogP contribution in [0.5, 0.6) is 0 Å². The number of benzene rings is 1. The van der Waals surface area contributed by atoms with Gasteiger partial charge in [-0.15, -0.1) is 11.3 Å². The molecule has 0 unspecified atom stereocenters. The molecule has 0 atom stereocenters. The zero-order valence-electron chi connectivity index (χ0n) is 14.0. The van der Waals surface area contributed by atoms with E-state index in [9.17, 15) is 19.2 Å². The molecule has 0 spiro atoms. The van der Waals surface area contributed by atoms with Crippen LogP contribution in [0.15, 0.2) is 36.4 Å². The smallest absolute Gasteiger partial charge is 0.325 e. The highest BCUT2D eigenvalue weighted by Crippen LogP contribution is 2.21. The molecule has 1 aromatic carbocycles. The zero-order chi connectivity index (χ0) is 18.7. The Morgan fingerprint density at radius 1 is 1.08 bits per heavy atom. The predicted molar refractivity (Wildman–Crippen MR) is 94.2 cm³/mol. The molecule has 0 fully saturated rings. The lowest BCUT2D eigenvalue weighted by Crippen LogP contribution is -2.35. The van der Waals surface area contributed by atoms with Crippen molar-refractivity contribution in [1.82, 2.24) is 10.2 Å². The molecule has 1 aliphatic heterocycles. The van der Waals surface area contributed by atoms with Crippen molar-refractivity contribution in [2.45, 2.75) is 6.92 Å². The molecule has 0 saturated heterocycles. The van der Waals surface area contributed by atoms with Crippen molar-refractivity contribution in [3.8, 4) is 0 Å². The number of esters is 1. The minimum absolute atomic E-state index is 0.0316. The third-order valence-electron chi connectivity index (χ3n) is 3.81. The van der Waals surface area contributed by atoms with Crippen LogP contribution in [-0.4, -0.2) is 48.3 Å². The number of carbonyl (C=O) groups excluding carboxylic acids is 4. The van der Waals surface area contributed by atoms with Gasteiger partial charge in [-0.25, -0.2) is 0 Å². The average molecular weight is 372 g/mol. The lowest BCUT2D eigenvalue weighted by molar-refractivity contribution is -0.142. The Bertz CT molecular complexity index is 854. The number of ether oxygens (including phenoxy) is 1. The van der Waals surface area contributed by atoms with Gasteiger partial charge in [-0.3, -0.25) is 24.1 Å². The van der Waals surface area contributed by atoms with E-state index in [4.69, 9.17) is 4.74 Å². The van der Waals surface area contributed by atoms with Gasteiger partial charge in [0, 0.05) is 4.88 Å². The minimum Gasteiger partial charge on any atom is -0.462 e. The Balaban J connectivity index is 1.44. The first-order valence-corrected chi connectivity index (χ1v) is 8.74. The number of aryl methyl sites for hydroxylation is 1. The van der Waals surface area contributed by atoms with Crippen LogP contribution in [0.25, 0.3) is 0 Å². The van der Waals surface area contributed by atoms with Gasteiger partial charge in [0.2, 0.25) is 0 Å². The summed E-state index contributed by atoms with van der Waals surface area (Å²) in [6, 6.07) is 10.0. The molecular formula is C18H16N2O5S. The van der Waals surface area contributed by atoms with Gasteiger partial charge in [-0.1, -0.05) is 12.1 Å². The second-order valence-corrected chi connectivity index (χ2v) is 6.91. The van der Waals surface area contributed by atoms with Crippen LogP contribution in [0.4, 0.5) is 0 Å². The third kappa shape index (κ3) is 3.65. The molecule has 0 radical (unpaired) electrons. The summed E-state index contributed by atoms with van der Waals surface area (Å²) >= 11 is 1.33. The number of carbonyl (C=O) groups is 4. The number of fused-ring (bicyclic) bond motifs is 1. The predicted octanol–water partition coefficient (Wildman–Crippen LogP) is 1.63. The maximum atomic E-state index is 12.2. The Morgan fingerprint density at radius 3 is 2.31 bits per heavy atom.